The van der Waals surface area contributed by atoms with Crippen LogP contribution in [0.15, 0.2) is 46.4 Å². The number of rotatable bonds is 5. The van der Waals surface area contributed by atoms with Gasteiger partial charge in [-0.15, -0.1) is 11.3 Å². The lowest BCUT2D eigenvalue weighted by atomic mass is 9.97. The van der Waals surface area contributed by atoms with E-state index >= 15 is 0 Å². The normalized spacial score (nSPS) is 12.1. The zero-order chi connectivity index (χ0) is 17.1. The van der Waals surface area contributed by atoms with E-state index in [4.69, 9.17) is 4.42 Å². The van der Waals surface area contributed by atoms with Crippen molar-refractivity contribution in [2.45, 2.75) is 33.1 Å². The number of hydrogen-bond acceptors (Lipinski definition) is 4. The third-order valence-electron chi connectivity index (χ3n) is 4.22. The van der Waals surface area contributed by atoms with Gasteiger partial charge in [0.25, 0.3) is 5.91 Å². The molecule has 4 nitrogen and oxygen atoms in total. The molecule has 0 bridgehead atoms. The zero-order valence-electron chi connectivity index (χ0n) is 14.0. The van der Waals surface area contributed by atoms with Gasteiger partial charge in [0.2, 0.25) is 0 Å². The zero-order valence-corrected chi connectivity index (χ0v) is 14.8. The lowest BCUT2D eigenvalue weighted by Gasteiger charge is -2.08. The summed E-state index contributed by atoms with van der Waals surface area (Å²) in [5.74, 6) is 0.960. The molecule has 0 aliphatic carbocycles. The molecule has 124 valence electrons. The van der Waals surface area contributed by atoms with E-state index in [2.05, 4.69) is 48.4 Å². The fourth-order valence-electron chi connectivity index (χ4n) is 2.47. The number of aromatic nitrogens is 1. The number of hydrogen-bond donors (Lipinski definition) is 1. The largest absolute Gasteiger partial charge is 0.469 e. The second kappa shape index (κ2) is 7.01. The Kier molecular flexibility index (Phi) is 4.81. The van der Waals surface area contributed by atoms with E-state index in [0.717, 1.165) is 17.7 Å². The fourth-order valence-corrected chi connectivity index (χ4v) is 3.18. The lowest BCUT2D eigenvalue weighted by molar-refractivity contribution is 0.102. The van der Waals surface area contributed by atoms with Crippen molar-refractivity contribution in [2.75, 3.05) is 5.32 Å². The van der Waals surface area contributed by atoms with Crippen molar-refractivity contribution in [3.63, 3.8) is 0 Å². The van der Waals surface area contributed by atoms with Gasteiger partial charge in [0.15, 0.2) is 5.13 Å². The first-order valence-corrected chi connectivity index (χ1v) is 8.87. The summed E-state index contributed by atoms with van der Waals surface area (Å²) in [4.78, 5) is 16.7. The van der Waals surface area contributed by atoms with E-state index in [0.29, 0.717) is 22.4 Å². The van der Waals surface area contributed by atoms with E-state index in [1.165, 1.54) is 23.2 Å². The number of amides is 1. The van der Waals surface area contributed by atoms with E-state index in [-0.39, 0.29) is 5.91 Å². The molecule has 2 heterocycles. The van der Waals surface area contributed by atoms with Gasteiger partial charge in [0.1, 0.15) is 5.76 Å². The third kappa shape index (κ3) is 3.41. The number of nitrogens with one attached hydrogen (secondary N) is 1. The summed E-state index contributed by atoms with van der Waals surface area (Å²) in [6.45, 7) is 6.18. The van der Waals surface area contributed by atoms with Gasteiger partial charge in [-0.3, -0.25) is 10.1 Å². The minimum Gasteiger partial charge on any atom is -0.469 e. The molecule has 0 radical (unpaired) electrons. The van der Waals surface area contributed by atoms with E-state index < -0.39 is 0 Å². The molecule has 0 saturated carbocycles. The highest BCUT2D eigenvalue weighted by atomic mass is 32.1. The summed E-state index contributed by atoms with van der Waals surface area (Å²) in [6, 6.07) is 10.1. The molecule has 0 aliphatic rings. The SMILES string of the molecule is CC[C@@H](C)c1ccc(-c2csc(NC(=O)c3ccoc3C)n2)cc1. The molecule has 3 aromatic rings. The Morgan fingerprint density at radius 3 is 2.67 bits per heavy atom. The molecule has 3 rings (SSSR count). The Balaban J connectivity index is 1.73. The van der Waals surface area contributed by atoms with Crippen LogP contribution in [0.3, 0.4) is 0 Å². The summed E-state index contributed by atoms with van der Waals surface area (Å²) >= 11 is 1.42. The smallest absolute Gasteiger partial charge is 0.260 e. The molecule has 1 aromatic carbocycles. The molecule has 1 atom stereocenters. The quantitative estimate of drug-likeness (QED) is 0.669. The highest BCUT2D eigenvalue weighted by Gasteiger charge is 2.14. The summed E-state index contributed by atoms with van der Waals surface area (Å²) in [5, 5.41) is 5.36. The summed E-state index contributed by atoms with van der Waals surface area (Å²) < 4.78 is 5.16. The Bertz CT molecular complexity index is 833. The topological polar surface area (TPSA) is 55.1 Å². The monoisotopic (exact) mass is 340 g/mol. The average molecular weight is 340 g/mol. The van der Waals surface area contributed by atoms with Gasteiger partial charge in [0.05, 0.1) is 17.5 Å². The second-order valence-corrected chi connectivity index (χ2v) is 6.67. The number of benzene rings is 1. The van der Waals surface area contributed by atoms with Crippen LogP contribution in [-0.2, 0) is 0 Å². The fraction of sp³-hybridized carbons (Fsp3) is 0.263. The molecule has 0 unspecified atom stereocenters. The van der Waals surface area contributed by atoms with Crippen molar-refractivity contribution < 1.29 is 9.21 Å². The van der Waals surface area contributed by atoms with Crippen LogP contribution in [0.5, 0.6) is 0 Å². The van der Waals surface area contributed by atoms with Crippen molar-refractivity contribution in [2.24, 2.45) is 0 Å². The Morgan fingerprint density at radius 1 is 1.29 bits per heavy atom. The van der Waals surface area contributed by atoms with Crippen LogP contribution in [0.1, 0.15) is 47.9 Å². The molecule has 0 aliphatic heterocycles. The Labute approximate surface area is 145 Å². The number of carbonyl (C=O) groups excluding carboxylic acids is 1. The van der Waals surface area contributed by atoms with Gasteiger partial charge in [-0.25, -0.2) is 4.98 Å². The van der Waals surface area contributed by atoms with Gasteiger partial charge < -0.3 is 4.42 Å². The number of aryl methyl sites for hydroxylation is 1. The van der Waals surface area contributed by atoms with Gasteiger partial charge in [0, 0.05) is 10.9 Å². The van der Waals surface area contributed by atoms with Crippen LogP contribution < -0.4 is 5.32 Å². The first-order chi connectivity index (χ1) is 11.6. The average Bonchev–Trinajstić information content (AvgIpc) is 3.23. The molecular weight excluding hydrogens is 320 g/mol. The maximum Gasteiger partial charge on any atom is 0.260 e. The Hall–Kier alpha value is -2.40. The van der Waals surface area contributed by atoms with Gasteiger partial charge in [-0.05, 0) is 30.9 Å². The molecular formula is C19H20N2O2S. The first-order valence-electron chi connectivity index (χ1n) is 7.99. The van der Waals surface area contributed by atoms with Crippen LogP contribution in [0.4, 0.5) is 5.13 Å². The summed E-state index contributed by atoms with van der Waals surface area (Å²) in [5.41, 5.74) is 3.79. The Morgan fingerprint density at radius 2 is 2.04 bits per heavy atom. The highest BCUT2D eigenvalue weighted by molar-refractivity contribution is 7.14. The molecule has 5 heteroatoms. The van der Waals surface area contributed by atoms with Crippen LogP contribution in [-0.4, -0.2) is 10.9 Å². The minimum atomic E-state index is -0.200. The summed E-state index contributed by atoms with van der Waals surface area (Å²) in [6.07, 6.45) is 2.63. The van der Waals surface area contributed by atoms with Crippen LogP contribution in [0.2, 0.25) is 0 Å². The highest BCUT2D eigenvalue weighted by Crippen LogP contribution is 2.27. The second-order valence-electron chi connectivity index (χ2n) is 5.81. The summed E-state index contributed by atoms with van der Waals surface area (Å²) in [7, 11) is 0. The van der Waals surface area contributed by atoms with Crippen molar-refractivity contribution >= 4 is 22.4 Å². The van der Waals surface area contributed by atoms with Crippen molar-refractivity contribution in [1.82, 2.24) is 4.98 Å². The standard InChI is InChI=1S/C19H20N2O2S/c1-4-12(2)14-5-7-15(8-6-14)17-11-24-19(20-17)21-18(22)16-9-10-23-13(16)3/h5-12H,4H2,1-3H3,(H,20,21,22)/t12-/m1/s1. The molecule has 0 saturated heterocycles. The number of carbonyl (C=O) groups is 1. The lowest BCUT2D eigenvalue weighted by Crippen LogP contribution is -2.11. The molecule has 24 heavy (non-hydrogen) atoms. The van der Waals surface area contributed by atoms with Gasteiger partial charge >= 0.3 is 0 Å². The maximum atomic E-state index is 12.2. The number of furan rings is 1. The van der Waals surface area contributed by atoms with Crippen molar-refractivity contribution in [1.29, 1.82) is 0 Å². The van der Waals surface area contributed by atoms with Gasteiger partial charge in [-0.2, -0.15) is 0 Å². The van der Waals surface area contributed by atoms with Crippen molar-refractivity contribution in [3.8, 4) is 11.3 Å². The number of thiazole rings is 1. The van der Waals surface area contributed by atoms with E-state index in [1.807, 2.05) is 5.38 Å². The number of anilines is 1. The molecule has 0 fully saturated rings. The van der Waals surface area contributed by atoms with Crippen LogP contribution in [0.25, 0.3) is 11.3 Å². The first kappa shape index (κ1) is 16.5. The van der Waals surface area contributed by atoms with Gasteiger partial charge in [-0.1, -0.05) is 38.1 Å². The molecule has 2 aromatic heterocycles. The van der Waals surface area contributed by atoms with Crippen LogP contribution in [0, 0.1) is 6.92 Å². The third-order valence-corrected chi connectivity index (χ3v) is 4.97. The maximum absolute atomic E-state index is 12.2. The predicted octanol–water partition coefficient (Wildman–Crippen LogP) is 5.48. The minimum absolute atomic E-state index is 0.200. The molecule has 0 spiro atoms. The molecule has 1 amide bonds. The van der Waals surface area contributed by atoms with E-state index in [9.17, 15) is 4.79 Å². The number of nitrogens with zero attached hydrogens (tertiary/aromatic N) is 1. The molecule has 1 N–H and O–H groups in total. The predicted molar refractivity (Wildman–Crippen MR) is 97.7 cm³/mol. The van der Waals surface area contributed by atoms with Crippen molar-refractivity contribution in [3.05, 3.63) is 58.9 Å². The van der Waals surface area contributed by atoms with Crippen LogP contribution >= 0.6 is 11.3 Å². The van der Waals surface area contributed by atoms with E-state index in [1.54, 1.807) is 13.0 Å².